The first-order valence-corrected chi connectivity index (χ1v) is 9.03. The molecule has 154 valence electrons. The molecule has 26 heavy (non-hydrogen) atoms. The molecule has 2 rings (SSSR count). The summed E-state index contributed by atoms with van der Waals surface area (Å²) < 4.78 is 5.11. The highest BCUT2D eigenvalue weighted by Gasteiger charge is 2.32. The van der Waals surface area contributed by atoms with Gasteiger partial charge in [-0.05, 0) is 25.7 Å². The molecule has 0 aromatic rings. The largest absolute Gasteiger partial charge is 0.481 e. The number of carboxylic acid groups (broad SMARTS) is 1. The fourth-order valence-corrected chi connectivity index (χ4v) is 2.73. The second-order valence-corrected chi connectivity index (χ2v) is 6.73. The zero-order valence-electron chi connectivity index (χ0n) is 15.4. The van der Waals surface area contributed by atoms with Crippen LogP contribution in [0.4, 0.5) is 0 Å². The van der Waals surface area contributed by atoms with E-state index in [1.54, 1.807) is 0 Å². The number of aliphatic carboxylic acids is 1. The number of ether oxygens (including phenoxy) is 1. The predicted molar refractivity (Wildman–Crippen MR) is 99.8 cm³/mol. The van der Waals surface area contributed by atoms with E-state index in [-0.39, 0.29) is 43.5 Å². The molecule has 0 bridgehead atoms. The lowest BCUT2D eigenvalue weighted by molar-refractivity contribution is -0.149. The first-order valence-electron chi connectivity index (χ1n) is 9.03. The van der Waals surface area contributed by atoms with Gasteiger partial charge in [-0.2, -0.15) is 0 Å². The second kappa shape index (κ2) is 13.8. The second-order valence-electron chi connectivity index (χ2n) is 6.73. The van der Waals surface area contributed by atoms with Gasteiger partial charge in [0.05, 0.1) is 12.8 Å². The quantitative estimate of drug-likeness (QED) is 0.260. The van der Waals surface area contributed by atoms with Crippen molar-refractivity contribution in [2.45, 2.75) is 75.2 Å². The summed E-state index contributed by atoms with van der Waals surface area (Å²) in [7, 11) is 0. The Bertz CT molecular complexity index is 404. The summed E-state index contributed by atoms with van der Waals surface area (Å²) in [5.74, 6) is -1.12. The molecule has 2 aliphatic rings. The molecule has 10 nitrogen and oxygen atoms in total. The Morgan fingerprint density at radius 1 is 0.846 bits per heavy atom. The summed E-state index contributed by atoms with van der Waals surface area (Å²) >= 11 is 0. The Morgan fingerprint density at radius 3 is 1.65 bits per heavy atom. The average Bonchev–Trinajstić information content (AvgIpc) is 3.05. The number of carbonyl (C=O) groups is 2. The Morgan fingerprint density at radius 2 is 1.38 bits per heavy atom. The summed E-state index contributed by atoms with van der Waals surface area (Å²) in [6.45, 7) is 0.544. The maximum Gasteiger partial charge on any atom is 0.307 e. The van der Waals surface area contributed by atoms with Crippen molar-refractivity contribution in [2.24, 2.45) is 34.4 Å². The van der Waals surface area contributed by atoms with Crippen molar-refractivity contribution in [3.63, 3.8) is 0 Å². The number of rotatable bonds is 5. The van der Waals surface area contributed by atoms with E-state index in [0.717, 1.165) is 25.7 Å². The third-order valence-corrected chi connectivity index (χ3v) is 4.09. The van der Waals surface area contributed by atoms with Crippen LogP contribution in [-0.2, 0) is 14.3 Å². The molecule has 5 atom stereocenters. The fourth-order valence-electron chi connectivity index (χ4n) is 2.73. The first kappa shape index (κ1) is 24.7. The summed E-state index contributed by atoms with van der Waals surface area (Å²) in [5, 5.41) is 7.83. The van der Waals surface area contributed by atoms with Gasteiger partial charge >= 0.3 is 11.9 Å². The molecule has 2 fully saturated rings. The Kier molecular flexibility index (Phi) is 13.2. The smallest absolute Gasteiger partial charge is 0.307 e. The van der Waals surface area contributed by atoms with Gasteiger partial charge in [-0.3, -0.25) is 9.59 Å². The zero-order valence-corrected chi connectivity index (χ0v) is 15.4. The van der Waals surface area contributed by atoms with Crippen molar-refractivity contribution in [1.29, 1.82) is 0 Å². The zero-order chi connectivity index (χ0) is 20.1. The van der Waals surface area contributed by atoms with Crippen LogP contribution in [0, 0.1) is 0 Å². The van der Waals surface area contributed by atoms with Crippen molar-refractivity contribution >= 4 is 11.9 Å². The van der Waals surface area contributed by atoms with Crippen LogP contribution in [0.1, 0.15) is 44.9 Å². The molecule has 10 heteroatoms. The van der Waals surface area contributed by atoms with E-state index in [0.29, 0.717) is 25.0 Å². The lowest BCUT2D eigenvalue weighted by Gasteiger charge is -2.15. The van der Waals surface area contributed by atoms with Crippen LogP contribution in [-0.4, -0.2) is 60.4 Å². The van der Waals surface area contributed by atoms with Gasteiger partial charge in [-0.15, -0.1) is 0 Å². The standard InChI is InChI=1S/C8H17N3O2.C5H12N2.C3H7NO2/c9-2-1-8(12)13-7-4-5(10)3-6(7)11;6-4-1-2-5(7)3-4;4-2-1-3(5)6/h5-7H,1-4,9-11H2;4-5H,1-3,6-7H2;1-2,4H2,(H,5,6)/t5?,6?,7-;;/m0../s1. The van der Waals surface area contributed by atoms with E-state index >= 15 is 0 Å². The van der Waals surface area contributed by atoms with Crippen molar-refractivity contribution in [3.8, 4) is 0 Å². The average molecular weight is 377 g/mol. The summed E-state index contributed by atoms with van der Waals surface area (Å²) in [4.78, 5) is 20.6. The SMILES string of the molecule is NC1CCC(N)C1.NCCC(=O)O.NCCC(=O)O[C@H]1CC(N)CC1N. The molecular formula is C16H36N6O4. The minimum absolute atomic E-state index is 0.0608. The van der Waals surface area contributed by atoms with Crippen LogP contribution >= 0.6 is 0 Å². The summed E-state index contributed by atoms with van der Waals surface area (Å²) in [6, 6.07) is 0.743. The minimum atomic E-state index is -0.836. The number of carboxylic acids is 1. The van der Waals surface area contributed by atoms with Gasteiger partial charge in [0.2, 0.25) is 0 Å². The number of hydrogen-bond donors (Lipinski definition) is 7. The van der Waals surface area contributed by atoms with Crippen molar-refractivity contribution in [1.82, 2.24) is 0 Å². The number of esters is 1. The summed E-state index contributed by atoms with van der Waals surface area (Å²) in [6.07, 6.45) is 4.77. The van der Waals surface area contributed by atoms with Crippen LogP contribution in [0.25, 0.3) is 0 Å². The van der Waals surface area contributed by atoms with Gasteiger partial charge in [0.1, 0.15) is 6.10 Å². The van der Waals surface area contributed by atoms with Crippen LogP contribution in [0.5, 0.6) is 0 Å². The Balaban J connectivity index is 0.000000405. The molecule has 0 aliphatic heterocycles. The molecule has 0 aromatic carbocycles. The summed E-state index contributed by atoms with van der Waals surface area (Å²) in [5.41, 5.74) is 32.5. The molecular weight excluding hydrogens is 340 g/mol. The normalized spacial score (nSPS) is 29.8. The topological polar surface area (TPSA) is 220 Å². The van der Waals surface area contributed by atoms with E-state index in [2.05, 4.69) is 0 Å². The maximum absolute atomic E-state index is 11.1. The fraction of sp³-hybridized carbons (Fsp3) is 0.875. The van der Waals surface area contributed by atoms with E-state index in [1.807, 2.05) is 0 Å². The third-order valence-electron chi connectivity index (χ3n) is 4.09. The minimum Gasteiger partial charge on any atom is -0.481 e. The molecule has 2 saturated carbocycles. The molecule has 0 saturated heterocycles. The van der Waals surface area contributed by atoms with Gasteiger partial charge in [-0.1, -0.05) is 0 Å². The van der Waals surface area contributed by atoms with Crippen molar-refractivity contribution in [2.75, 3.05) is 13.1 Å². The molecule has 13 N–H and O–H groups in total. The van der Waals surface area contributed by atoms with E-state index < -0.39 is 5.97 Å². The lowest BCUT2D eigenvalue weighted by Crippen LogP contribution is -2.33. The number of nitrogens with two attached hydrogens (primary N) is 6. The predicted octanol–water partition coefficient (Wildman–Crippen LogP) is -2.06. The Labute approximate surface area is 154 Å². The van der Waals surface area contributed by atoms with E-state index in [4.69, 9.17) is 44.2 Å². The van der Waals surface area contributed by atoms with Gasteiger partial charge in [-0.25, -0.2) is 0 Å². The molecule has 0 aromatic heterocycles. The molecule has 0 amide bonds. The highest BCUT2D eigenvalue weighted by Crippen LogP contribution is 2.19. The Hall–Kier alpha value is -1.30. The van der Waals surface area contributed by atoms with E-state index in [9.17, 15) is 9.59 Å². The highest BCUT2D eigenvalue weighted by molar-refractivity contribution is 5.69. The van der Waals surface area contributed by atoms with E-state index in [1.165, 1.54) is 0 Å². The maximum atomic E-state index is 11.1. The molecule has 0 heterocycles. The highest BCUT2D eigenvalue weighted by atomic mass is 16.5. The van der Waals surface area contributed by atoms with Crippen LogP contribution in [0.3, 0.4) is 0 Å². The molecule has 0 spiro atoms. The third kappa shape index (κ3) is 12.1. The van der Waals surface area contributed by atoms with Gasteiger partial charge in [0.15, 0.2) is 0 Å². The monoisotopic (exact) mass is 376 g/mol. The van der Waals surface area contributed by atoms with Crippen molar-refractivity contribution < 1.29 is 19.4 Å². The van der Waals surface area contributed by atoms with Crippen LogP contribution in [0.2, 0.25) is 0 Å². The molecule has 4 unspecified atom stereocenters. The lowest BCUT2D eigenvalue weighted by atomic mass is 10.2. The first-order chi connectivity index (χ1) is 12.2. The van der Waals surface area contributed by atoms with Gasteiger partial charge < -0.3 is 44.2 Å². The van der Waals surface area contributed by atoms with Crippen LogP contribution < -0.4 is 34.4 Å². The number of hydrogen-bond acceptors (Lipinski definition) is 9. The van der Waals surface area contributed by atoms with Crippen molar-refractivity contribution in [3.05, 3.63) is 0 Å². The molecule has 0 radical (unpaired) electrons. The van der Waals surface area contributed by atoms with Crippen LogP contribution in [0.15, 0.2) is 0 Å². The molecule has 2 aliphatic carbocycles. The van der Waals surface area contributed by atoms with Gasteiger partial charge in [0, 0.05) is 43.7 Å². The number of carbonyl (C=O) groups excluding carboxylic acids is 1. The van der Waals surface area contributed by atoms with Gasteiger partial charge in [0.25, 0.3) is 0 Å².